The molecule has 72 valence electrons. The van der Waals surface area contributed by atoms with Gasteiger partial charge in [-0.05, 0) is 17.7 Å². The van der Waals surface area contributed by atoms with Crippen molar-refractivity contribution in [3.63, 3.8) is 0 Å². The van der Waals surface area contributed by atoms with Crippen molar-refractivity contribution in [1.82, 2.24) is 10.2 Å². The molecule has 0 saturated heterocycles. The van der Waals surface area contributed by atoms with Gasteiger partial charge in [0, 0.05) is 12.7 Å². The molecule has 1 aromatic heterocycles. The van der Waals surface area contributed by atoms with E-state index >= 15 is 0 Å². The molecular weight excluding hydrogens is 178 g/mol. The van der Waals surface area contributed by atoms with Gasteiger partial charge in [0.1, 0.15) is 5.75 Å². The zero-order valence-electron chi connectivity index (χ0n) is 7.57. The quantitative estimate of drug-likeness (QED) is 0.689. The van der Waals surface area contributed by atoms with E-state index in [2.05, 4.69) is 15.5 Å². The number of nitrogens with one attached hydrogen (secondary N) is 2. The molecule has 14 heavy (non-hydrogen) atoms. The van der Waals surface area contributed by atoms with Crippen molar-refractivity contribution in [1.29, 1.82) is 0 Å². The van der Waals surface area contributed by atoms with Crippen LogP contribution >= 0.6 is 0 Å². The molecule has 0 atom stereocenters. The average Bonchev–Trinajstić information content (AvgIpc) is 2.67. The molecule has 0 unspecified atom stereocenters. The summed E-state index contributed by atoms with van der Waals surface area (Å²) in [5.41, 5.74) is 1.97. The molecule has 4 nitrogen and oxygen atoms in total. The second kappa shape index (κ2) is 3.83. The molecule has 2 rings (SSSR count). The minimum atomic E-state index is 0.288. The summed E-state index contributed by atoms with van der Waals surface area (Å²) < 4.78 is 0. The Balaban J connectivity index is 1.98. The van der Waals surface area contributed by atoms with E-state index in [1.807, 2.05) is 12.1 Å². The number of phenols is 1. The van der Waals surface area contributed by atoms with E-state index in [1.165, 1.54) is 0 Å². The van der Waals surface area contributed by atoms with Gasteiger partial charge in [0.15, 0.2) is 0 Å². The fraction of sp³-hybridized carbons (Fsp3) is 0.100. The summed E-state index contributed by atoms with van der Waals surface area (Å²) in [6.45, 7) is 0.675. The normalized spacial score (nSPS) is 10.0. The van der Waals surface area contributed by atoms with Crippen molar-refractivity contribution < 1.29 is 5.11 Å². The molecule has 0 aliphatic heterocycles. The lowest BCUT2D eigenvalue weighted by molar-refractivity contribution is 0.474. The summed E-state index contributed by atoms with van der Waals surface area (Å²) in [4.78, 5) is 0. The van der Waals surface area contributed by atoms with Crippen LogP contribution in [0.1, 0.15) is 5.56 Å². The van der Waals surface area contributed by atoms with Gasteiger partial charge in [-0.1, -0.05) is 12.1 Å². The van der Waals surface area contributed by atoms with Gasteiger partial charge in [-0.25, -0.2) is 0 Å². The Morgan fingerprint density at radius 2 is 2.36 bits per heavy atom. The van der Waals surface area contributed by atoms with Crippen LogP contribution in [-0.4, -0.2) is 15.3 Å². The number of phenolic OH excluding ortho intramolecular Hbond substituents is 1. The number of rotatable bonds is 3. The number of hydrogen-bond donors (Lipinski definition) is 3. The van der Waals surface area contributed by atoms with Gasteiger partial charge in [0.25, 0.3) is 0 Å². The van der Waals surface area contributed by atoms with Crippen LogP contribution in [0.25, 0.3) is 0 Å². The summed E-state index contributed by atoms with van der Waals surface area (Å²) in [5, 5.41) is 18.9. The number of aromatic amines is 1. The van der Waals surface area contributed by atoms with Crippen LogP contribution < -0.4 is 5.32 Å². The van der Waals surface area contributed by atoms with Crippen molar-refractivity contribution in [2.24, 2.45) is 0 Å². The average molecular weight is 189 g/mol. The van der Waals surface area contributed by atoms with E-state index in [-0.39, 0.29) is 5.75 Å². The van der Waals surface area contributed by atoms with Crippen molar-refractivity contribution in [2.75, 3.05) is 5.32 Å². The summed E-state index contributed by atoms with van der Waals surface area (Å²) in [5.74, 6) is 0.288. The second-order valence-electron chi connectivity index (χ2n) is 3.01. The van der Waals surface area contributed by atoms with Gasteiger partial charge in [0.2, 0.25) is 0 Å². The van der Waals surface area contributed by atoms with E-state index in [1.54, 1.807) is 24.5 Å². The molecular formula is C10H11N3O. The van der Waals surface area contributed by atoms with Crippen LogP contribution in [0.5, 0.6) is 5.75 Å². The SMILES string of the molecule is Oc1cccc(CNc2cn[nH]c2)c1. The monoisotopic (exact) mass is 189 g/mol. The molecule has 0 spiro atoms. The van der Waals surface area contributed by atoms with Crippen LogP contribution in [0.15, 0.2) is 36.7 Å². The van der Waals surface area contributed by atoms with Crippen LogP contribution in [0.3, 0.4) is 0 Å². The van der Waals surface area contributed by atoms with E-state index in [0.29, 0.717) is 6.54 Å². The van der Waals surface area contributed by atoms with E-state index < -0.39 is 0 Å². The molecule has 1 heterocycles. The standard InChI is InChI=1S/C10H11N3O/c14-10-3-1-2-8(4-10)5-11-9-6-12-13-7-9/h1-4,6-7,11,14H,5H2,(H,12,13). The van der Waals surface area contributed by atoms with Gasteiger partial charge >= 0.3 is 0 Å². The predicted molar refractivity (Wildman–Crippen MR) is 54.0 cm³/mol. The molecule has 0 amide bonds. The van der Waals surface area contributed by atoms with Crippen molar-refractivity contribution in [2.45, 2.75) is 6.54 Å². The zero-order valence-corrected chi connectivity index (χ0v) is 7.57. The lowest BCUT2D eigenvalue weighted by atomic mass is 10.2. The molecule has 0 aliphatic rings. The first-order valence-electron chi connectivity index (χ1n) is 4.35. The summed E-state index contributed by atoms with van der Waals surface area (Å²) >= 11 is 0. The Morgan fingerprint density at radius 1 is 1.43 bits per heavy atom. The molecule has 0 saturated carbocycles. The van der Waals surface area contributed by atoms with Crippen LogP contribution in [-0.2, 0) is 6.54 Å². The lowest BCUT2D eigenvalue weighted by Gasteiger charge is -2.03. The van der Waals surface area contributed by atoms with E-state index in [4.69, 9.17) is 0 Å². The Morgan fingerprint density at radius 3 is 3.07 bits per heavy atom. The predicted octanol–water partition coefficient (Wildman–Crippen LogP) is 1.73. The Kier molecular flexibility index (Phi) is 2.36. The van der Waals surface area contributed by atoms with Crippen molar-refractivity contribution in [3.05, 3.63) is 42.2 Å². The second-order valence-corrected chi connectivity index (χ2v) is 3.01. The van der Waals surface area contributed by atoms with Gasteiger partial charge in [0.05, 0.1) is 11.9 Å². The maximum Gasteiger partial charge on any atom is 0.115 e. The van der Waals surface area contributed by atoms with Gasteiger partial charge in [-0.3, -0.25) is 5.10 Å². The maximum atomic E-state index is 9.22. The first-order valence-corrected chi connectivity index (χ1v) is 4.35. The smallest absolute Gasteiger partial charge is 0.115 e. The highest BCUT2D eigenvalue weighted by atomic mass is 16.3. The first-order chi connectivity index (χ1) is 6.84. The van der Waals surface area contributed by atoms with Gasteiger partial charge in [-0.15, -0.1) is 0 Å². The minimum Gasteiger partial charge on any atom is -0.508 e. The van der Waals surface area contributed by atoms with E-state index in [9.17, 15) is 5.11 Å². The number of H-pyrrole nitrogens is 1. The van der Waals surface area contributed by atoms with E-state index in [0.717, 1.165) is 11.3 Å². The number of hydrogen-bond acceptors (Lipinski definition) is 3. The third kappa shape index (κ3) is 2.04. The Labute approximate surface area is 81.6 Å². The molecule has 0 radical (unpaired) electrons. The van der Waals surface area contributed by atoms with Crippen molar-refractivity contribution in [3.8, 4) is 5.75 Å². The third-order valence-corrected chi connectivity index (χ3v) is 1.91. The fourth-order valence-corrected chi connectivity index (χ4v) is 1.22. The highest BCUT2D eigenvalue weighted by molar-refractivity contribution is 5.39. The molecule has 1 aromatic carbocycles. The molecule has 3 N–H and O–H groups in total. The molecule has 4 heteroatoms. The Hall–Kier alpha value is -1.97. The molecule has 0 aliphatic carbocycles. The summed E-state index contributed by atoms with van der Waals surface area (Å²) in [6, 6.07) is 7.16. The topological polar surface area (TPSA) is 60.9 Å². The largest absolute Gasteiger partial charge is 0.508 e. The summed E-state index contributed by atoms with van der Waals surface area (Å²) in [6.07, 6.45) is 3.49. The first kappa shape index (κ1) is 8.62. The van der Waals surface area contributed by atoms with Crippen molar-refractivity contribution >= 4 is 5.69 Å². The molecule has 0 bridgehead atoms. The van der Waals surface area contributed by atoms with Gasteiger partial charge in [-0.2, -0.15) is 5.10 Å². The number of nitrogens with zero attached hydrogens (tertiary/aromatic N) is 1. The number of aromatic nitrogens is 2. The Bertz CT molecular complexity index is 398. The summed E-state index contributed by atoms with van der Waals surface area (Å²) in [7, 11) is 0. The number of benzene rings is 1. The van der Waals surface area contributed by atoms with Crippen LogP contribution in [0, 0.1) is 0 Å². The molecule has 0 fully saturated rings. The maximum absolute atomic E-state index is 9.22. The zero-order chi connectivity index (χ0) is 9.80. The van der Waals surface area contributed by atoms with Crippen LogP contribution in [0.4, 0.5) is 5.69 Å². The highest BCUT2D eigenvalue weighted by Crippen LogP contribution is 2.12. The van der Waals surface area contributed by atoms with Crippen LogP contribution in [0.2, 0.25) is 0 Å². The minimum absolute atomic E-state index is 0.288. The lowest BCUT2D eigenvalue weighted by Crippen LogP contribution is -1.97. The van der Waals surface area contributed by atoms with Gasteiger partial charge < -0.3 is 10.4 Å². The fourth-order valence-electron chi connectivity index (χ4n) is 1.22. The highest BCUT2D eigenvalue weighted by Gasteiger charge is 1.95. The molecule has 2 aromatic rings. The number of aromatic hydroxyl groups is 1. The third-order valence-electron chi connectivity index (χ3n) is 1.91. The number of anilines is 1.